The average molecular weight is 536 g/mol. The molecule has 6 atom stereocenters. The van der Waals surface area contributed by atoms with E-state index in [2.05, 4.69) is 9.97 Å². The molecule has 0 aliphatic heterocycles. The molecule has 39 heavy (non-hydrogen) atoms. The first-order valence-corrected chi connectivity index (χ1v) is 12.4. The summed E-state index contributed by atoms with van der Waals surface area (Å²) in [4.78, 5) is 77.0. The molecule has 6 N–H and O–H groups in total. The molecule has 0 saturated heterocycles. The highest BCUT2D eigenvalue weighted by Gasteiger charge is 2.76. The van der Waals surface area contributed by atoms with Gasteiger partial charge in [-0.1, -0.05) is 19.9 Å². The van der Waals surface area contributed by atoms with Crippen molar-refractivity contribution in [2.24, 2.45) is 28.4 Å². The van der Waals surface area contributed by atoms with Gasteiger partial charge < -0.3 is 21.7 Å². The van der Waals surface area contributed by atoms with Crippen molar-refractivity contribution in [3.8, 4) is 16.9 Å². The second-order valence-electron chi connectivity index (χ2n) is 11.6. The molecule has 12 heteroatoms. The van der Waals surface area contributed by atoms with E-state index in [-0.39, 0.29) is 30.1 Å². The lowest BCUT2D eigenvalue weighted by Crippen LogP contribution is -2.79. The molecule has 2 unspecified atom stereocenters. The molecule has 2 aromatic rings. The van der Waals surface area contributed by atoms with E-state index < -0.39 is 63.3 Å². The molecule has 2 fully saturated rings. The summed E-state index contributed by atoms with van der Waals surface area (Å²) in [6.45, 7) is 3.15. The number of rotatable bonds is 3. The molecule has 0 spiro atoms. The molecule has 204 valence electrons. The van der Waals surface area contributed by atoms with Crippen molar-refractivity contribution in [3.05, 3.63) is 35.7 Å². The van der Waals surface area contributed by atoms with E-state index in [1.807, 2.05) is 0 Å². The van der Waals surface area contributed by atoms with E-state index in [0.717, 1.165) is 0 Å². The Bertz CT molecular complexity index is 1490. The maximum atomic E-state index is 14.2. The number of nitrogen functional groups attached to an aromatic ring is 1. The van der Waals surface area contributed by atoms with Crippen LogP contribution in [0.25, 0.3) is 11.1 Å². The van der Waals surface area contributed by atoms with E-state index in [0.29, 0.717) is 16.7 Å². The van der Waals surface area contributed by atoms with Gasteiger partial charge in [-0.3, -0.25) is 28.9 Å². The lowest BCUT2D eigenvalue weighted by Gasteiger charge is -2.61. The lowest BCUT2D eigenvalue weighted by molar-refractivity contribution is -0.203. The summed E-state index contributed by atoms with van der Waals surface area (Å²) in [5.74, 6) is -9.15. The molecule has 1 aromatic heterocycles. The molecule has 1 aromatic carbocycles. The monoisotopic (exact) mass is 535 g/mol. The number of aromatic hydroxyl groups is 1. The van der Waals surface area contributed by atoms with Gasteiger partial charge in [-0.2, -0.15) is 0 Å². The van der Waals surface area contributed by atoms with Gasteiger partial charge in [0.25, 0.3) is 0 Å². The number of phenols is 1. The van der Waals surface area contributed by atoms with Crippen LogP contribution in [-0.2, 0) is 25.6 Å². The topological polar surface area (TPSA) is 207 Å². The number of primary amides is 1. The number of anilines is 1. The zero-order valence-corrected chi connectivity index (χ0v) is 21.9. The summed E-state index contributed by atoms with van der Waals surface area (Å²) in [7, 11) is 3.08. The zero-order chi connectivity index (χ0) is 28.8. The van der Waals surface area contributed by atoms with E-state index in [1.165, 1.54) is 30.3 Å². The van der Waals surface area contributed by atoms with Gasteiger partial charge in [0.15, 0.2) is 34.7 Å². The summed E-state index contributed by atoms with van der Waals surface area (Å²) >= 11 is 0. The summed E-state index contributed by atoms with van der Waals surface area (Å²) in [5, 5.41) is 22.7. The van der Waals surface area contributed by atoms with Crippen LogP contribution >= 0.6 is 0 Å². The number of fused-ring (bicyclic) bond motifs is 3. The minimum atomic E-state index is -2.84. The Morgan fingerprint density at radius 2 is 1.69 bits per heavy atom. The van der Waals surface area contributed by atoms with Gasteiger partial charge in [-0.15, -0.1) is 0 Å². The minimum absolute atomic E-state index is 0.0511. The lowest BCUT2D eigenvalue weighted by atomic mass is 9.42. The number of phenolic OH excluding ortho intramolecular Hbond substituents is 1. The Morgan fingerprint density at radius 1 is 1.08 bits per heavy atom. The highest BCUT2D eigenvalue weighted by Crippen LogP contribution is 2.62. The van der Waals surface area contributed by atoms with E-state index >= 15 is 0 Å². The third kappa shape index (κ3) is 3.27. The SMILES string of the molecule is CN(C)[C@@H]1C(=O)C(C(N)=O)C(=O)[C@@]2(O)C(=O)C3C(=O)c4c(O)ccc(-c5cnc(N)nc5)c4C[C@@]3(C)C[C@@]12C. The van der Waals surface area contributed by atoms with Crippen LogP contribution in [0.15, 0.2) is 24.5 Å². The van der Waals surface area contributed by atoms with Crippen LogP contribution in [0.3, 0.4) is 0 Å². The number of nitrogens with two attached hydrogens (primary N) is 2. The third-order valence-corrected chi connectivity index (χ3v) is 8.85. The predicted octanol–water partition coefficient (Wildman–Crippen LogP) is -0.314. The van der Waals surface area contributed by atoms with Crippen molar-refractivity contribution in [3.63, 3.8) is 0 Å². The molecule has 3 aliphatic rings. The van der Waals surface area contributed by atoms with Gasteiger partial charge in [0.2, 0.25) is 11.9 Å². The number of benzene rings is 1. The number of carbonyl (C=O) groups is 5. The molecule has 5 rings (SSSR count). The van der Waals surface area contributed by atoms with E-state index in [1.54, 1.807) is 27.1 Å². The fourth-order valence-corrected chi connectivity index (χ4v) is 7.47. The molecular formula is C27H29N5O7. The average Bonchev–Trinajstić information content (AvgIpc) is 2.82. The molecule has 1 amide bonds. The van der Waals surface area contributed by atoms with Crippen LogP contribution in [-0.4, -0.2) is 79.9 Å². The van der Waals surface area contributed by atoms with Gasteiger partial charge in [-0.05, 0) is 49.5 Å². The molecular weight excluding hydrogens is 506 g/mol. The number of ketones is 4. The number of nitrogens with zero attached hydrogens (tertiary/aromatic N) is 3. The molecule has 2 saturated carbocycles. The van der Waals surface area contributed by atoms with Crippen LogP contribution in [0.4, 0.5) is 5.95 Å². The molecule has 12 nitrogen and oxygen atoms in total. The number of aliphatic hydroxyl groups is 1. The second kappa shape index (κ2) is 8.23. The fourth-order valence-electron chi connectivity index (χ4n) is 7.47. The zero-order valence-electron chi connectivity index (χ0n) is 21.9. The standard InChI is InChI=1S/C27H29N5O7/c1-25-7-13-12(11-8-30-24(29)31-9-11)5-6-14(33)15(13)18(34)17(25)22(37)27(39)21(36)16(23(28)38)19(35)20(32(3)4)26(27,2)10-25/h5-6,8-9,16-17,20,33,39H,7,10H2,1-4H3,(H2,28,38)(H2,29,30,31)/t16?,17?,20-,25+,26+,27-/m1/s1. The molecule has 3 aliphatic carbocycles. The first-order valence-electron chi connectivity index (χ1n) is 12.4. The van der Waals surface area contributed by atoms with Crippen LogP contribution in [0.5, 0.6) is 5.75 Å². The van der Waals surface area contributed by atoms with Gasteiger partial charge in [0.1, 0.15) is 5.75 Å². The van der Waals surface area contributed by atoms with Crippen molar-refractivity contribution >= 4 is 35.0 Å². The Labute approximate surface area is 223 Å². The molecule has 0 radical (unpaired) electrons. The Morgan fingerprint density at radius 3 is 2.26 bits per heavy atom. The van der Waals surface area contributed by atoms with Crippen molar-refractivity contribution in [2.75, 3.05) is 19.8 Å². The Kier molecular flexibility index (Phi) is 5.61. The fraction of sp³-hybridized carbons (Fsp3) is 0.444. The van der Waals surface area contributed by atoms with Gasteiger partial charge >= 0.3 is 0 Å². The Hall–Kier alpha value is -4.03. The Balaban J connectivity index is 1.74. The minimum Gasteiger partial charge on any atom is -0.507 e. The number of Topliss-reactive ketones (excluding diaryl/α,β-unsaturated/α-hetero) is 4. The third-order valence-electron chi connectivity index (χ3n) is 8.85. The van der Waals surface area contributed by atoms with Gasteiger partial charge in [0.05, 0.1) is 17.5 Å². The highest BCUT2D eigenvalue weighted by atomic mass is 16.3. The van der Waals surface area contributed by atoms with Crippen LogP contribution in [0.1, 0.15) is 36.2 Å². The first-order chi connectivity index (χ1) is 18.1. The normalized spacial score (nSPS) is 33.9. The second-order valence-corrected chi connectivity index (χ2v) is 11.6. The number of amides is 1. The van der Waals surface area contributed by atoms with Crippen LogP contribution < -0.4 is 11.5 Å². The summed E-state index contributed by atoms with van der Waals surface area (Å²) in [6, 6.07) is 1.69. The maximum absolute atomic E-state index is 14.2. The highest BCUT2D eigenvalue weighted by molar-refractivity contribution is 6.33. The van der Waals surface area contributed by atoms with Crippen molar-refractivity contribution in [1.29, 1.82) is 0 Å². The molecule has 0 bridgehead atoms. The number of aromatic nitrogens is 2. The summed E-state index contributed by atoms with van der Waals surface area (Å²) in [6.07, 6.45) is 2.94. The van der Waals surface area contributed by atoms with E-state index in [4.69, 9.17) is 11.5 Å². The number of carbonyl (C=O) groups excluding carboxylic acids is 5. The van der Waals surface area contributed by atoms with Crippen LogP contribution in [0, 0.1) is 22.7 Å². The smallest absolute Gasteiger partial charge is 0.235 e. The number of hydrogen-bond acceptors (Lipinski definition) is 11. The van der Waals surface area contributed by atoms with Gasteiger partial charge in [0, 0.05) is 23.4 Å². The molecule has 1 heterocycles. The summed E-state index contributed by atoms with van der Waals surface area (Å²) < 4.78 is 0. The van der Waals surface area contributed by atoms with Crippen LogP contribution in [0.2, 0.25) is 0 Å². The first kappa shape index (κ1) is 26.6. The number of likely N-dealkylation sites (N-methyl/N-ethyl adjacent to an activating group) is 1. The summed E-state index contributed by atoms with van der Waals surface area (Å²) in [5.41, 5.74) is 6.71. The van der Waals surface area contributed by atoms with E-state index in [9.17, 15) is 34.2 Å². The maximum Gasteiger partial charge on any atom is 0.235 e. The predicted molar refractivity (Wildman–Crippen MR) is 136 cm³/mol. The van der Waals surface area contributed by atoms with Crippen molar-refractivity contribution < 1.29 is 34.2 Å². The number of hydrogen-bond donors (Lipinski definition) is 4. The quantitative estimate of drug-likeness (QED) is 0.375. The largest absolute Gasteiger partial charge is 0.507 e. The van der Waals surface area contributed by atoms with Crippen molar-refractivity contribution in [1.82, 2.24) is 14.9 Å². The van der Waals surface area contributed by atoms with Gasteiger partial charge in [-0.25, -0.2) is 9.97 Å². The van der Waals surface area contributed by atoms with Crippen molar-refractivity contribution in [2.45, 2.75) is 38.3 Å².